The van der Waals surface area contributed by atoms with Crippen molar-refractivity contribution >= 4 is 33.3 Å². The average molecular weight is 404 g/mol. The number of rotatable bonds is 5. The molecule has 0 saturated heterocycles. The van der Waals surface area contributed by atoms with Gasteiger partial charge in [0.25, 0.3) is 0 Å². The molecule has 0 unspecified atom stereocenters. The topological polar surface area (TPSA) is 64.6 Å². The quantitative estimate of drug-likeness (QED) is 0.759. The Morgan fingerprint density at radius 3 is 2.60 bits per heavy atom. The largest absolute Gasteiger partial charge is 0.490 e. The summed E-state index contributed by atoms with van der Waals surface area (Å²) in [7, 11) is 0. The predicted octanol–water partition coefficient (Wildman–Crippen LogP) is 4.21. The molecule has 3 rings (SSSR count). The number of fused-ring (bicyclic) bond motifs is 1. The number of ketones is 1. The van der Waals surface area contributed by atoms with Gasteiger partial charge in [-0.05, 0) is 36.4 Å². The molecule has 0 aromatic heterocycles. The van der Waals surface area contributed by atoms with Crippen LogP contribution in [0, 0.1) is 0 Å². The maximum atomic E-state index is 12.3. The van der Waals surface area contributed by atoms with Crippen LogP contribution in [0.5, 0.6) is 11.5 Å². The van der Waals surface area contributed by atoms with Crippen LogP contribution in [0.4, 0.5) is 5.69 Å². The lowest BCUT2D eigenvalue weighted by Crippen LogP contribution is -2.13. The van der Waals surface area contributed by atoms with Crippen LogP contribution in [0.15, 0.2) is 46.9 Å². The van der Waals surface area contributed by atoms with Gasteiger partial charge in [-0.3, -0.25) is 9.59 Å². The van der Waals surface area contributed by atoms with Crippen molar-refractivity contribution in [2.45, 2.75) is 19.3 Å². The van der Waals surface area contributed by atoms with E-state index in [0.29, 0.717) is 36.0 Å². The van der Waals surface area contributed by atoms with Crippen molar-refractivity contribution in [2.75, 3.05) is 18.5 Å². The summed E-state index contributed by atoms with van der Waals surface area (Å²) in [6.45, 7) is 1.18. The zero-order valence-corrected chi connectivity index (χ0v) is 15.2. The van der Waals surface area contributed by atoms with E-state index in [4.69, 9.17) is 9.47 Å². The molecule has 1 aliphatic rings. The maximum absolute atomic E-state index is 12.3. The minimum absolute atomic E-state index is 0.0972. The summed E-state index contributed by atoms with van der Waals surface area (Å²) < 4.78 is 12.0. The van der Waals surface area contributed by atoms with E-state index < -0.39 is 0 Å². The highest BCUT2D eigenvalue weighted by Gasteiger charge is 2.15. The summed E-state index contributed by atoms with van der Waals surface area (Å²) in [4.78, 5) is 24.4. The second-order valence-electron chi connectivity index (χ2n) is 5.69. The molecule has 25 heavy (non-hydrogen) atoms. The lowest BCUT2D eigenvalue weighted by molar-refractivity contribution is -0.116. The van der Waals surface area contributed by atoms with Crippen molar-refractivity contribution in [1.29, 1.82) is 0 Å². The number of halogens is 1. The molecular formula is C19H18BrNO4. The highest BCUT2D eigenvalue weighted by molar-refractivity contribution is 9.10. The molecule has 0 fully saturated rings. The smallest absolute Gasteiger partial charge is 0.224 e. The van der Waals surface area contributed by atoms with Gasteiger partial charge >= 0.3 is 0 Å². The fourth-order valence-corrected chi connectivity index (χ4v) is 2.90. The van der Waals surface area contributed by atoms with Crippen LogP contribution >= 0.6 is 15.9 Å². The number of hydrogen-bond acceptors (Lipinski definition) is 4. The number of anilines is 1. The first-order valence-corrected chi connectivity index (χ1v) is 8.89. The van der Waals surface area contributed by atoms with Crippen LogP contribution < -0.4 is 14.8 Å². The second kappa shape index (κ2) is 8.16. The Kier molecular flexibility index (Phi) is 5.71. The SMILES string of the molecule is O=C(CCC(=O)c1ccc2c(c1)OCCCO2)Nc1cccc(Br)c1. The average Bonchev–Trinajstić information content (AvgIpc) is 2.84. The number of carbonyl (C=O) groups excluding carboxylic acids is 2. The van der Waals surface area contributed by atoms with Crippen molar-refractivity contribution in [3.63, 3.8) is 0 Å². The van der Waals surface area contributed by atoms with Gasteiger partial charge in [0.2, 0.25) is 5.91 Å². The molecule has 0 aliphatic carbocycles. The van der Waals surface area contributed by atoms with Gasteiger partial charge < -0.3 is 14.8 Å². The van der Waals surface area contributed by atoms with Gasteiger partial charge in [-0.2, -0.15) is 0 Å². The molecular weight excluding hydrogens is 386 g/mol. The molecule has 1 amide bonds. The first-order chi connectivity index (χ1) is 12.1. The number of carbonyl (C=O) groups is 2. The second-order valence-corrected chi connectivity index (χ2v) is 6.61. The summed E-state index contributed by atoms with van der Waals surface area (Å²) >= 11 is 3.35. The predicted molar refractivity (Wildman–Crippen MR) is 98.4 cm³/mol. The summed E-state index contributed by atoms with van der Waals surface area (Å²) in [5.74, 6) is 0.948. The standard InChI is InChI=1S/C19H18BrNO4/c20-14-3-1-4-15(12-14)21-19(23)8-6-16(22)13-5-7-17-18(11-13)25-10-2-9-24-17/h1,3-5,7,11-12H,2,6,8-10H2,(H,21,23). The number of ether oxygens (including phenoxy) is 2. The monoisotopic (exact) mass is 403 g/mol. The van der Waals surface area contributed by atoms with Crippen molar-refractivity contribution in [1.82, 2.24) is 0 Å². The normalized spacial score (nSPS) is 13.0. The molecule has 2 aromatic rings. The molecule has 1 heterocycles. The zero-order valence-electron chi connectivity index (χ0n) is 13.6. The van der Waals surface area contributed by atoms with Gasteiger partial charge in [-0.15, -0.1) is 0 Å². The first-order valence-electron chi connectivity index (χ1n) is 8.10. The molecule has 1 aliphatic heterocycles. The molecule has 0 atom stereocenters. The molecule has 5 nitrogen and oxygen atoms in total. The fourth-order valence-electron chi connectivity index (χ4n) is 2.50. The van der Waals surface area contributed by atoms with Crippen molar-refractivity contribution in [3.8, 4) is 11.5 Å². The van der Waals surface area contributed by atoms with E-state index in [1.54, 1.807) is 24.3 Å². The molecule has 0 saturated carbocycles. The molecule has 0 radical (unpaired) electrons. The maximum Gasteiger partial charge on any atom is 0.224 e. The van der Waals surface area contributed by atoms with E-state index in [1.165, 1.54) is 0 Å². The van der Waals surface area contributed by atoms with Crippen LogP contribution in [0.25, 0.3) is 0 Å². The molecule has 1 N–H and O–H groups in total. The number of benzene rings is 2. The fraction of sp³-hybridized carbons (Fsp3) is 0.263. The highest BCUT2D eigenvalue weighted by Crippen LogP contribution is 2.30. The van der Waals surface area contributed by atoms with Gasteiger partial charge in [-0.1, -0.05) is 22.0 Å². The van der Waals surface area contributed by atoms with Gasteiger partial charge in [0.05, 0.1) is 13.2 Å². The van der Waals surface area contributed by atoms with Gasteiger partial charge in [0.1, 0.15) is 0 Å². The Morgan fingerprint density at radius 1 is 1.00 bits per heavy atom. The van der Waals surface area contributed by atoms with Crippen LogP contribution in [0.2, 0.25) is 0 Å². The summed E-state index contributed by atoms with van der Waals surface area (Å²) in [6, 6.07) is 12.5. The summed E-state index contributed by atoms with van der Waals surface area (Å²) in [6.07, 6.45) is 1.08. The number of nitrogens with one attached hydrogen (secondary N) is 1. The minimum atomic E-state index is -0.194. The van der Waals surface area contributed by atoms with Gasteiger partial charge in [0.15, 0.2) is 17.3 Å². The first kappa shape index (κ1) is 17.5. The van der Waals surface area contributed by atoms with E-state index in [2.05, 4.69) is 21.2 Å². The Hall–Kier alpha value is -2.34. The number of amides is 1. The Morgan fingerprint density at radius 2 is 1.80 bits per heavy atom. The minimum Gasteiger partial charge on any atom is -0.490 e. The third-order valence-electron chi connectivity index (χ3n) is 3.76. The van der Waals surface area contributed by atoms with E-state index in [0.717, 1.165) is 10.9 Å². The third-order valence-corrected chi connectivity index (χ3v) is 4.25. The van der Waals surface area contributed by atoms with Gasteiger partial charge in [-0.25, -0.2) is 0 Å². The van der Waals surface area contributed by atoms with Crippen LogP contribution in [-0.2, 0) is 4.79 Å². The highest BCUT2D eigenvalue weighted by atomic mass is 79.9. The van der Waals surface area contributed by atoms with Crippen LogP contribution in [-0.4, -0.2) is 24.9 Å². The lowest BCUT2D eigenvalue weighted by atomic mass is 10.1. The zero-order chi connectivity index (χ0) is 17.6. The Labute approximate surface area is 154 Å². The molecule has 0 bridgehead atoms. The van der Waals surface area contributed by atoms with Crippen molar-refractivity contribution < 1.29 is 19.1 Å². The Balaban J connectivity index is 1.57. The van der Waals surface area contributed by atoms with Crippen LogP contribution in [0.1, 0.15) is 29.6 Å². The summed E-state index contributed by atoms with van der Waals surface area (Å²) in [5.41, 5.74) is 1.22. The number of Topliss-reactive ketones (excluding diaryl/α,β-unsaturated/α-hetero) is 1. The van der Waals surface area contributed by atoms with Crippen molar-refractivity contribution in [2.24, 2.45) is 0 Å². The Bertz CT molecular complexity index is 791. The van der Waals surface area contributed by atoms with Crippen molar-refractivity contribution in [3.05, 3.63) is 52.5 Å². The number of hydrogen-bond donors (Lipinski definition) is 1. The van der Waals surface area contributed by atoms with E-state index in [-0.39, 0.29) is 24.5 Å². The lowest BCUT2D eigenvalue weighted by Gasteiger charge is -2.09. The molecule has 2 aromatic carbocycles. The van der Waals surface area contributed by atoms with Gasteiger partial charge in [0, 0.05) is 35.0 Å². The molecule has 0 spiro atoms. The molecule has 6 heteroatoms. The van der Waals surface area contributed by atoms with E-state index >= 15 is 0 Å². The van der Waals surface area contributed by atoms with Crippen LogP contribution in [0.3, 0.4) is 0 Å². The summed E-state index contributed by atoms with van der Waals surface area (Å²) in [5, 5.41) is 2.78. The van der Waals surface area contributed by atoms with E-state index in [1.807, 2.05) is 18.2 Å². The third kappa shape index (κ3) is 4.82. The van der Waals surface area contributed by atoms with E-state index in [9.17, 15) is 9.59 Å². The molecule has 130 valence electrons.